The van der Waals surface area contributed by atoms with Crippen LogP contribution in [0.3, 0.4) is 0 Å². The van der Waals surface area contributed by atoms with E-state index in [0.717, 1.165) is 25.1 Å². The summed E-state index contributed by atoms with van der Waals surface area (Å²) in [6, 6.07) is 14.0. The summed E-state index contributed by atoms with van der Waals surface area (Å²) in [6.07, 6.45) is -8.87. The van der Waals surface area contributed by atoms with Crippen molar-refractivity contribution in [3.63, 3.8) is 0 Å². The number of amides is 1. The van der Waals surface area contributed by atoms with E-state index in [9.17, 15) is 60.0 Å². The monoisotopic (exact) mass is 857 g/mol. The Morgan fingerprint density at radius 1 is 0.839 bits per heavy atom. The molecule has 0 aliphatic carbocycles. The lowest BCUT2D eigenvalue weighted by molar-refractivity contribution is -0.284. The zero-order chi connectivity index (χ0) is 44.8. The number of benzene rings is 4. The molecule has 6 aromatic rings. The molecule has 1 aliphatic heterocycles. The number of aromatic hydroxyl groups is 3. The first-order chi connectivity index (χ1) is 29.5. The number of aliphatic hydroxyl groups is 4. The van der Waals surface area contributed by atoms with Gasteiger partial charge in [0.25, 0.3) is 0 Å². The van der Waals surface area contributed by atoms with Gasteiger partial charge in [0.15, 0.2) is 16.4 Å². The molecule has 0 radical (unpaired) electrons. The fourth-order valence-electron chi connectivity index (χ4n) is 7.37. The maximum Gasteiger partial charge on any atom is 0.377 e. The van der Waals surface area contributed by atoms with Crippen LogP contribution in [-0.4, -0.2) is 110 Å². The first kappa shape index (κ1) is 42.9. The second-order valence-corrected chi connectivity index (χ2v) is 14.4. The van der Waals surface area contributed by atoms with Gasteiger partial charge in [0.05, 0.1) is 45.0 Å². The van der Waals surface area contributed by atoms with Crippen LogP contribution in [0.2, 0.25) is 0 Å². The van der Waals surface area contributed by atoms with E-state index in [1.54, 1.807) is 0 Å². The first-order valence-corrected chi connectivity index (χ1v) is 18.7. The number of hydrogen-bond acceptors (Lipinski definition) is 17. The van der Waals surface area contributed by atoms with Crippen molar-refractivity contribution in [3.05, 3.63) is 93.2 Å². The van der Waals surface area contributed by atoms with Crippen molar-refractivity contribution >= 4 is 33.8 Å². The first-order valence-electron chi connectivity index (χ1n) is 18.7. The summed E-state index contributed by atoms with van der Waals surface area (Å²) >= 11 is 0. The van der Waals surface area contributed by atoms with E-state index in [2.05, 4.69) is 5.32 Å². The molecule has 3 heterocycles. The quantitative estimate of drug-likeness (QED) is 0.0854. The van der Waals surface area contributed by atoms with Gasteiger partial charge in [-0.25, -0.2) is 4.79 Å². The Hall–Kier alpha value is -7.16. The molecule has 7 rings (SSSR count). The zero-order valence-corrected chi connectivity index (χ0v) is 32.9. The number of fused-ring (bicyclic) bond motifs is 2. The van der Waals surface area contributed by atoms with Crippen molar-refractivity contribution in [1.29, 1.82) is 0 Å². The number of phenols is 3. The highest BCUT2D eigenvalue weighted by Gasteiger charge is 2.57. The minimum atomic E-state index is -3.02. The van der Waals surface area contributed by atoms with Crippen LogP contribution in [0.4, 0.5) is 0 Å². The third-order valence-electron chi connectivity index (χ3n) is 10.3. The molecular weight excluding hydrogens is 818 g/mol. The molecular formula is C43H39NO18. The lowest BCUT2D eigenvalue weighted by atomic mass is 9.88. The van der Waals surface area contributed by atoms with Gasteiger partial charge in [-0.3, -0.25) is 14.4 Å². The highest BCUT2D eigenvalue weighted by Crippen LogP contribution is 2.48. The standard InChI is InChI=1S/C43H39NO18/c1-18(46)44-38-28(52)16-43(42(55)56,62-41(38)39(54)29(53)17-45)61-34-15-27(51)37-26(50)14-31(19-4-7-21(47)8-5-19)60-40(37)35(34)23-10-20(6-9-30(23)58-3)32-13-25(49)36-24(48)11-22(57-2)12-33(36)59-32/h4-15,28-29,38-39,41,45,47-48,51-54H,16-17H2,1-3H3,(H,44,46)(H,55,56)/t28-,29-,38+,39-,41+,43+/m0/s1. The van der Waals surface area contributed by atoms with Crippen LogP contribution in [-0.2, 0) is 14.3 Å². The number of phenolic OH excluding ortho intramolecular Hbond substituents is 3. The number of ether oxygens (including phenoxy) is 4. The lowest BCUT2D eigenvalue weighted by Crippen LogP contribution is -2.68. The molecule has 6 atom stereocenters. The normalized spacial score (nSPS) is 19.8. The van der Waals surface area contributed by atoms with Gasteiger partial charge in [-0.1, -0.05) is 0 Å². The average Bonchev–Trinajstić information content (AvgIpc) is 3.23. The number of aliphatic carboxylic acids is 1. The third kappa shape index (κ3) is 7.81. The Kier molecular flexibility index (Phi) is 11.6. The van der Waals surface area contributed by atoms with E-state index in [0.29, 0.717) is 0 Å². The summed E-state index contributed by atoms with van der Waals surface area (Å²) in [5.41, 5.74) is -1.76. The van der Waals surface area contributed by atoms with Gasteiger partial charge in [-0.05, 0) is 42.5 Å². The van der Waals surface area contributed by atoms with Crippen molar-refractivity contribution in [2.24, 2.45) is 0 Å². The number of aliphatic hydroxyl groups excluding tert-OH is 4. The van der Waals surface area contributed by atoms with Gasteiger partial charge in [0.1, 0.15) is 80.7 Å². The van der Waals surface area contributed by atoms with Crippen LogP contribution < -0.4 is 30.4 Å². The average molecular weight is 858 g/mol. The molecule has 1 amide bonds. The fraction of sp³-hybridized carbons (Fsp3) is 0.256. The van der Waals surface area contributed by atoms with Crippen LogP contribution >= 0.6 is 0 Å². The number of carboxylic acids is 1. The molecule has 1 aliphatic rings. The van der Waals surface area contributed by atoms with Crippen molar-refractivity contribution in [2.45, 2.75) is 49.6 Å². The molecule has 62 heavy (non-hydrogen) atoms. The van der Waals surface area contributed by atoms with Gasteiger partial charge in [0, 0.05) is 53.9 Å². The molecule has 2 aromatic heterocycles. The van der Waals surface area contributed by atoms with E-state index < -0.39 is 100 Å². The van der Waals surface area contributed by atoms with E-state index in [1.807, 2.05) is 0 Å². The van der Waals surface area contributed by atoms with Crippen molar-refractivity contribution in [2.75, 3.05) is 20.8 Å². The van der Waals surface area contributed by atoms with Crippen LogP contribution in [0.25, 0.3) is 55.7 Å². The largest absolute Gasteiger partial charge is 0.508 e. The smallest absolute Gasteiger partial charge is 0.377 e. The minimum Gasteiger partial charge on any atom is -0.508 e. The summed E-state index contributed by atoms with van der Waals surface area (Å²) in [5, 5.41) is 87.1. The van der Waals surface area contributed by atoms with Gasteiger partial charge in [0.2, 0.25) is 5.91 Å². The van der Waals surface area contributed by atoms with Gasteiger partial charge >= 0.3 is 11.8 Å². The maximum atomic E-state index is 13.9. The van der Waals surface area contributed by atoms with E-state index >= 15 is 0 Å². The molecule has 324 valence electrons. The van der Waals surface area contributed by atoms with Gasteiger partial charge in [-0.2, -0.15) is 0 Å². The topological polar surface area (TPSA) is 305 Å². The highest BCUT2D eigenvalue weighted by molar-refractivity contribution is 6.02. The van der Waals surface area contributed by atoms with Crippen molar-refractivity contribution in [1.82, 2.24) is 5.32 Å². The summed E-state index contributed by atoms with van der Waals surface area (Å²) in [4.78, 5) is 52.8. The summed E-state index contributed by atoms with van der Waals surface area (Å²) in [7, 11) is 2.63. The molecule has 4 aromatic carbocycles. The predicted octanol–water partition coefficient (Wildman–Crippen LogP) is 2.56. The molecule has 1 fully saturated rings. The number of carbonyl (C=O) groups excluding carboxylic acids is 1. The van der Waals surface area contributed by atoms with Crippen LogP contribution in [0.1, 0.15) is 13.3 Å². The number of methoxy groups -OCH3 is 2. The van der Waals surface area contributed by atoms with Gasteiger partial charge < -0.3 is 74.0 Å². The molecule has 1 saturated heterocycles. The van der Waals surface area contributed by atoms with Crippen molar-refractivity contribution in [3.8, 4) is 68.3 Å². The highest BCUT2D eigenvalue weighted by atomic mass is 16.7. The summed E-state index contributed by atoms with van der Waals surface area (Å²) < 4.78 is 35.4. The summed E-state index contributed by atoms with van der Waals surface area (Å²) in [6.45, 7) is 0.0297. The van der Waals surface area contributed by atoms with Crippen LogP contribution in [0, 0.1) is 0 Å². The Balaban J connectivity index is 1.52. The molecule has 0 spiro atoms. The fourth-order valence-corrected chi connectivity index (χ4v) is 7.37. The molecule has 19 nitrogen and oxygen atoms in total. The number of nitrogens with one attached hydrogen (secondary N) is 1. The Morgan fingerprint density at radius 2 is 1.48 bits per heavy atom. The Labute approximate surface area is 348 Å². The number of hydrogen-bond donors (Lipinski definition) is 9. The van der Waals surface area contributed by atoms with Crippen molar-refractivity contribution < 1.29 is 78.2 Å². The Bertz CT molecular complexity index is 2830. The SMILES string of the molecule is COc1cc(O)c2c(=O)cc(-c3ccc(OC)c(-c4c(O[C@]5(C(=O)O)C[C@H](O)[C@@H](NC(C)=O)[C@H]([C@@H](O)[C@@H](O)CO)O5)cc(O)c5c(=O)cc(-c6ccc(O)cc6)oc45)c3)oc2c1. The Morgan fingerprint density at radius 3 is 2.11 bits per heavy atom. The third-order valence-corrected chi connectivity index (χ3v) is 10.3. The molecule has 9 N–H and O–H groups in total. The van der Waals surface area contributed by atoms with Crippen LogP contribution in [0.5, 0.6) is 34.5 Å². The predicted molar refractivity (Wildman–Crippen MR) is 216 cm³/mol. The number of carbonyl (C=O) groups is 2. The minimum absolute atomic E-state index is 0.0183. The summed E-state index contributed by atoms with van der Waals surface area (Å²) in [5.74, 6) is -7.50. The number of carboxylic acid groups (broad SMARTS) is 1. The zero-order valence-electron chi connectivity index (χ0n) is 32.9. The second kappa shape index (κ2) is 16.7. The second-order valence-electron chi connectivity index (χ2n) is 14.4. The van der Waals surface area contributed by atoms with E-state index in [-0.39, 0.29) is 62.0 Å². The lowest BCUT2D eigenvalue weighted by Gasteiger charge is -2.46. The maximum absolute atomic E-state index is 13.9. The molecule has 19 heteroatoms. The molecule has 0 saturated carbocycles. The van der Waals surface area contributed by atoms with E-state index in [4.69, 9.17) is 27.8 Å². The van der Waals surface area contributed by atoms with Gasteiger partial charge in [-0.15, -0.1) is 0 Å². The van der Waals surface area contributed by atoms with E-state index in [1.165, 1.54) is 68.8 Å². The van der Waals surface area contributed by atoms with Crippen LogP contribution in [0.15, 0.2) is 91.2 Å². The molecule has 0 bridgehead atoms. The molecule has 0 unspecified atom stereocenters. The number of rotatable bonds is 12.